The number of non-ortho nitro benzene ring substituents is 1. The Labute approximate surface area is 178 Å². The average molecular weight is 426 g/mol. The number of rotatable bonds is 4. The lowest BCUT2D eigenvalue weighted by Gasteiger charge is -2.48. The minimum atomic E-state index is -1.22. The van der Waals surface area contributed by atoms with E-state index in [0.29, 0.717) is 32.2 Å². The maximum atomic E-state index is 13.2. The van der Waals surface area contributed by atoms with Crippen molar-refractivity contribution in [2.75, 3.05) is 13.7 Å². The summed E-state index contributed by atoms with van der Waals surface area (Å²) in [4.78, 5) is 50.7. The van der Waals surface area contributed by atoms with Gasteiger partial charge < -0.3 is 14.4 Å². The van der Waals surface area contributed by atoms with Crippen LogP contribution in [0.5, 0.6) is 0 Å². The number of ether oxygens (including phenoxy) is 2. The summed E-state index contributed by atoms with van der Waals surface area (Å²) in [5, 5.41) is 10.9. The Balaban J connectivity index is 1.71. The molecule has 0 aromatic heterocycles. The lowest BCUT2D eigenvalue weighted by atomic mass is 9.64. The van der Waals surface area contributed by atoms with Crippen molar-refractivity contribution in [3.63, 3.8) is 0 Å². The number of amides is 1. The predicted octanol–water partition coefficient (Wildman–Crippen LogP) is 2.56. The second kappa shape index (κ2) is 7.98. The highest BCUT2D eigenvalue weighted by Crippen LogP contribution is 2.49. The van der Waals surface area contributed by atoms with Gasteiger partial charge in [-0.3, -0.25) is 19.7 Å². The first-order valence-electron chi connectivity index (χ1n) is 10.1. The van der Waals surface area contributed by atoms with Crippen LogP contribution < -0.4 is 0 Å². The van der Waals surface area contributed by atoms with E-state index in [4.69, 9.17) is 9.47 Å². The number of carbonyl (C=O) groups excluding carboxylic acids is 3. The number of carbonyl (C=O) groups is 3. The molecule has 0 spiro atoms. The molecule has 1 aromatic rings. The molecule has 3 aliphatic rings. The summed E-state index contributed by atoms with van der Waals surface area (Å²) in [5.74, 6) is -1.37. The summed E-state index contributed by atoms with van der Waals surface area (Å²) in [6.07, 6.45) is 6.33. The fourth-order valence-corrected chi connectivity index (χ4v) is 4.93. The molecule has 9 nitrogen and oxygen atoms in total. The van der Waals surface area contributed by atoms with E-state index in [1.807, 2.05) is 6.08 Å². The highest BCUT2D eigenvalue weighted by molar-refractivity contribution is 5.93. The number of hydrogen-bond donors (Lipinski definition) is 0. The van der Waals surface area contributed by atoms with Crippen molar-refractivity contribution in [1.29, 1.82) is 0 Å². The van der Waals surface area contributed by atoms with Crippen LogP contribution in [0.1, 0.15) is 36.0 Å². The Morgan fingerprint density at radius 2 is 1.97 bits per heavy atom. The summed E-state index contributed by atoms with van der Waals surface area (Å²) in [5.41, 5.74) is -0.360. The van der Waals surface area contributed by atoms with Gasteiger partial charge in [0.2, 0.25) is 5.91 Å². The van der Waals surface area contributed by atoms with Gasteiger partial charge in [0.1, 0.15) is 11.5 Å². The SMILES string of the molecule is COC(=O)[C@]12CCC=C3C=CC(=O)N(CCC[C@H]1OC(=O)c1ccc([N+](=O)[O-])cc1)[C@H]32. The molecule has 0 bridgehead atoms. The molecule has 0 saturated carbocycles. The molecule has 2 heterocycles. The summed E-state index contributed by atoms with van der Waals surface area (Å²) in [6, 6.07) is 4.55. The smallest absolute Gasteiger partial charge is 0.338 e. The van der Waals surface area contributed by atoms with Crippen LogP contribution in [0.15, 0.2) is 48.1 Å². The van der Waals surface area contributed by atoms with Crippen LogP contribution in [0.2, 0.25) is 0 Å². The molecule has 3 atom stereocenters. The molecular weight excluding hydrogens is 404 g/mol. The first kappa shape index (κ1) is 20.8. The quantitative estimate of drug-likeness (QED) is 0.413. The summed E-state index contributed by atoms with van der Waals surface area (Å²) >= 11 is 0. The van der Waals surface area contributed by atoms with E-state index in [-0.39, 0.29) is 17.2 Å². The van der Waals surface area contributed by atoms with Crippen LogP contribution in [0.25, 0.3) is 0 Å². The van der Waals surface area contributed by atoms with Gasteiger partial charge in [-0.15, -0.1) is 0 Å². The molecule has 1 fully saturated rings. The molecule has 0 unspecified atom stereocenters. The maximum Gasteiger partial charge on any atom is 0.338 e. The van der Waals surface area contributed by atoms with Gasteiger partial charge in [-0.25, -0.2) is 4.79 Å². The van der Waals surface area contributed by atoms with E-state index in [2.05, 4.69) is 0 Å². The van der Waals surface area contributed by atoms with Crippen molar-refractivity contribution >= 4 is 23.5 Å². The lowest BCUT2D eigenvalue weighted by molar-refractivity contribution is -0.384. The highest BCUT2D eigenvalue weighted by atomic mass is 16.6. The van der Waals surface area contributed by atoms with E-state index >= 15 is 0 Å². The van der Waals surface area contributed by atoms with Crippen molar-refractivity contribution in [3.05, 3.63) is 63.7 Å². The monoisotopic (exact) mass is 426 g/mol. The minimum absolute atomic E-state index is 0.137. The van der Waals surface area contributed by atoms with Gasteiger partial charge in [0.15, 0.2) is 0 Å². The third kappa shape index (κ3) is 3.39. The van der Waals surface area contributed by atoms with Crippen molar-refractivity contribution in [1.82, 2.24) is 4.90 Å². The Hall–Kier alpha value is -3.49. The number of benzene rings is 1. The fraction of sp³-hybridized carbons (Fsp3) is 0.409. The molecule has 1 aromatic carbocycles. The molecule has 0 radical (unpaired) electrons. The lowest BCUT2D eigenvalue weighted by Crippen LogP contribution is -2.61. The number of nitro benzene ring substituents is 1. The maximum absolute atomic E-state index is 13.2. The Bertz CT molecular complexity index is 998. The zero-order valence-electron chi connectivity index (χ0n) is 17.0. The molecule has 1 amide bonds. The standard InChI is InChI=1S/C22H22N2O7/c1-30-21(27)22-12-2-4-14-8-11-18(25)23(19(14)22)13-3-5-17(22)31-20(26)15-6-9-16(10-7-15)24(28)29/h4,6-11,17,19H,2-3,5,12-13H2,1H3/t17-,19-,22-/m1/s1. The van der Waals surface area contributed by atoms with Gasteiger partial charge in [0, 0.05) is 24.8 Å². The fourth-order valence-electron chi connectivity index (χ4n) is 4.93. The minimum Gasteiger partial charge on any atom is -0.468 e. The molecule has 1 saturated heterocycles. The van der Waals surface area contributed by atoms with Gasteiger partial charge in [0.05, 0.1) is 23.6 Å². The molecule has 162 valence electrons. The average Bonchev–Trinajstić information content (AvgIpc) is 2.95. The van der Waals surface area contributed by atoms with Gasteiger partial charge in [-0.2, -0.15) is 0 Å². The van der Waals surface area contributed by atoms with Gasteiger partial charge in [-0.05, 0) is 43.4 Å². The topological polar surface area (TPSA) is 116 Å². The summed E-state index contributed by atoms with van der Waals surface area (Å²) < 4.78 is 11.0. The molecule has 4 rings (SSSR count). The van der Waals surface area contributed by atoms with E-state index in [1.54, 1.807) is 11.0 Å². The Morgan fingerprint density at radius 1 is 1.23 bits per heavy atom. The number of methoxy groups -OCH3 is 1. The van der Waals surface area contributed by atoms with Crippen molar-refractivity contribution in [3.8, 4) is 0 Å². The second-order valence-electron chi connectivity index (χ2n) is 7.88. The van der Waals surface area contributed by atoms with E-state index in [9.17, 15) is 24.5 Å². The Kier molecular flexibility index (Phi) is 5.34. The van der Waals surface area contributed by atoms with Crippen molar-refractivity contribution in [2.24, 2.45) is 5.41 Å². The van der Waals surface area contributed by atoms with Crippen LogP contribution >= 0.6 is 0 Å². The molecule has 31 heavy (non-hydrogen) atoms. The van der Waals surface area contributed by atoms with Gasteiger partial charge in [-0.1, -0.05) is 12.2 Å². The van der Waals surface area contributed by atoms with Gasteiger partial charge >= 0.3 is 11.9 Å². The number of hydrogen-bond acceptors (Lipinski definition) is 7. The molecule has 1 aliphatic carbocycles. The van der Waals surface area contributed by atoms with Crippen LogP contribution in [-0.2, 0) is 19.1 Å². The zero-order chi connectivity index (χ0) is 22.2. The van der Waals surface area contributed by atoms with Crippen LogP contribution in [0.3, 0.4) is 0 Å². The first-order valence-corrected chi connectivity index (χ1v) is 10.1. The first-order chi connectivity index (χ1) is 14.9. The molecular formula is C22H22N2O7. The largest absolute Gasteiger partial charge is 0.468 e. The Morgan fingerprint density at radius 3 is 2.65 bits per heavy atom. The van der Waals surface area contributed by atoms with Crippen LogP contribution in [0.4, 0.5) is 5.69 Å². The van der Waals surface area contributed by atoms with E-state index in [0.717, 1.165) is 5.57 Å². The normalized spacial score (nSPS) is 26.9. The number of nitrogens with zero attached hydrogens (tertiary/aromatic N) is 2. The molecule has 0 N–H and O–H groups in total. The number of allylic oxidation sites excluding steroid dienone is 1. The van der Waals surface area contributed by atoms with E-state index in [1.165, 1.54) is 37.5 Å². The molecule has 9 heteroatoms. The van der Waals surface area contributed by atoms with Crippen LogP contribution in [0, 0.1) is 15.5 Å². The second-order valence-corrected chi connectivity index (χ2v) is 7.88. The zero-order valence-corrected chi connectivity index (χ0v) is 17.0. The molecule has 2 aliphatic heterocycles. The van der Waals surface area contributed by atoms with Gasteiger partial charge in [0.25, 0.3) is 5.69 Å². The van der Waals surface area contributed by atoms with Crippen molar-refractivity contribution < 1.29 is 28.8 Å². The third-order valence-electron chi connectivity index (χ3n) is 6.32. The van der Waals surface area contributed by atoms with Crippen molar-refractivity contribution in [2.45, 2.75) is 37.8 Å². The summed E-state index contributed by atoms with van der Waals surface area (Å²) in [7, 11) is 1.29. The highest BCUT2D eigenvalue weighted by Gasteiger charge is 2.60. The summed E-state index contributed by atoms with van der Waals surface area (Å²) in [6.45, 7) is 0.440. The predicted molar refractivity (Wildman–Crippen MR) is 108 cm³/mol. The number of nitro groups is 1. The third-order valence-corrected chi connectivity index (χ3v) is 6.32. The van der Waals surface area contributed by atoms with Crippen LogP contribution in [-0.4, -0.2) is 53.5 Å². The number of esters is 2. The van der Waals surface area contributed by atoms with E-state index < -0.39 is 34.4 Å².